The molecular formula is C16H19NO2. The van der Waals surface area contributed by atoms with E-state index in [9.17, 15) is 5.11 Å². The molecular weight excluding hydrogens is 238 g/mol. The van der Waals surface area contributed by atoms with Gasteiger partial charge in [0.1, 0.15) is 0 Å². The number of aliphatic hydroxyl groups excluding tert-OH is 1. The van der Waals surface area contributed by atoms with Gasteiger partial charge in [-0.05, 0) is 30.4 Å². The molecule has 1 heterocycles. The van der Waals surface area contributed by atoms with Gasteiger partial charge in [0.25, 0.3) is 0 Å². The van der Waals surface area contributed by atoms with E-state index in [2.05, 4.69) is 4.98 Å². The van der Waals surface area contributed by atoms with Crippen LogP contribution in [0.25, 0.3) is 10.9 Å². The van der Waals surface area contributed by atoms with Crippen molar-refractivity contribution in [3.63, 3.8) is 0 Å². The van der Waals surface area contributed by atoms with Crippen LogP contribution < -0.4 is 4.74 Å². The van der Waals surface area contributed by atoms with E-state index in [-0.39, 0.29) is 6.61 Å². The van der Waals surface area contributed by atoms with E-state index in [0.717, 1.165) is 23.1 Å². The standard InChI is InChI=1S/C16H19NO2/c18-10-13-9-16(19-11-12-5-1-2-6-12)17-15-8-4-3-7-14(13)15/h3-4,7-9,12,18H,1-2,5-6,10-11H2. The first kappa shape index (κ1) is 12.4. The minimum absolute atomic E-state index is 0.0167. The number of ether oxygens (including phenoxy) is 1. The molecule has 3 heteroatoms. The molecule has 1 aliphatic carbocycles. The van der Waals surface area contributed by atoms with Gasteiger partial charge in [0.2, 0.25) is 5.88 Å². The second kappa shape index (κ2) is 5.57. The van der Waals surface area contributed by atoms with E-state index < -0.39 is 0 Å². The van der Waals surface area contributed by atoms with Crippen molar-refractivity contribution < 1.29 is 9.84 Å². The molecule has 19 heavy (non-hydrogen) atoms. The summed E-state index contributed by atoms with van der Waals surface area (Å²) >= 11 is 0. The quantitative estimate of drug-likeness (QED) is 0.913. The number of hydrogen-bond acceptors (Lipinski definition) is 3. The van der Waals surface area contributed by atoms with E-state index >= 15 is 0 Å². The summed E-state index contributed by atoms with van der Waals surface area (Å²) in [6, 6.07) is 9.71. The lowest BCUT2D eigenvalue weighted by atomic mass is 10.1. The third-order valence-electron chi connectivity index (χ3n) is 3.89. The molecule has 1 N–H and O–H groups in total. The number of rotatable bonds is 4. The molecule has 0 spiro atoms. The first-order chi connectivity index (χ1) is 9.36. The fourth-order valence-electron chi connectivity index (χ4n) is 2.81. The first-order valence-electron chi connectivity index (χ1n) is 6.99. The van der Waals surface area contributed by atoms with Gasteiger partial charge in [0, 0.05) is 11.5 Å². The van der Waals surface area contributed by atoms with Crippen LogP contribution in [0.5, 0.6) is 5.88 Å². The monoisotopic (exact) mass is 257 g/mol. The lowest BCUT2D eigenvalue weighted by Gasteiger charge is -2.12. The number of aliphatic hydroxyl groups is 1. The number of nitrogens with zero attached hydrogens (tertiary/aromatic N) is 1. The molecule has 1 saturated carbocycles. The molecule has 0 radical (unpaired) electrons. The maximum absolute atomic E-state index is 9.46. The molecule has 1 aliphatic rings. The molecule has 1 aromatic carbocycles. The second-order valence-electron chi connectivity index (χ2n) is 5.26. The normalized spacial score (nSPS) is 16.1. The number of para-hydroxylation sites is 1. The zero-order valence-corrected chi connectivity index (χ0v) is 11.0. The van der Waals surface area contributed by atoms with Gasteiger partial charge in [-0.3, -0.25) is 0 Å². The molecule has 2 aromatic rings. The Labute approximate surface area is 113 Å². The summed E-state index contributed by atoms with van der Waals surface area (Å²) in [6.45, 7) is 0.763. The van der Waals surface area contributed by atoms with Gasteiger partial charge in [-0.15, -0.1) is 0 Å². The van der Waals surface area contributed by atoms with Crippen LogP contribution in [0.1, 0.15) is 31.2 Å². The predicted octanol–water partition coefficient (Wildman–Crippen LogP) is 3.30. The van der Waals surface area contributed by atoms with Gasteiger partial charge in [0.15, 0.2) is 0 Å². The van der Waals surface area contributed by atoms with Gasteiger partial charge in [0.05, 0.1) is 18.7 Å². The lowest BCUT2D eigenvalue weighted by Crippen LogP contribution is -2.09. The second-order valence-corrected chi connectivity index (χ2v) is 5.26. The molecule has 100 valence electrons. The average molecular weight is 257 g/mol. The third kappa shape index (κ3) is 2.71. The van der Waals surface area contributed by atoms with E-state index in [1.807, 2.05) is 30.3 Å². The van der Waals surface area contributed by atoms with Crippen LogP contribution in [0.2, 0.25) is 0 Å². The number of benzene rings is 1. The first-order valence-corrected chi connectivity index (χ1v) is 6.99. The van der Waals surface area contributed by atoms with Crippen molar-refractivity contribution in [2.24, 2.45) is 5.92 Å². The molecule has 0 saturated heterocycles. The summed E-state index contributed by atoms with van der Waals surface area (Å²) in [4.78, 5) is 4.51. The highest BCUT2D eigenvalue weighted by atomic mass is 16.5. The number of aromatic nitrogens is 1. The summed E-state index contributed by atoms with van der Waals surface area (Å²) in [5, 5.41) is 10.5. The Morgan fingerprint density at radius 1 is 1.21 bits per heavy atom. The predicted molar refractivity (Wildman–Crippen MR) is 75.1 cm³/mol. The zero-order chi connectivity index (χ0) is 13.1. The number of fused-ring (bicyclic) bond motifs is 1. The largest absolute Gasteiger partial charge is 0.477 e. The molecule has 1 aromatic heterocycles. The third-order valence-corrected chi connectivity index (χ3v) is 3.89. The van der Waals surface area contributed by atoms with Gasteiger partial charge in [-0.2, -0.15) is 0 Å². The Kier molecular flexibility index (Phi) is 3.65. The van der Waals surface area contributed by atoms with Crippen molar-refractivity contribution in [1.29, 1.82) is 0 Å². The molecule has 0 aliphatic heterocycles. The van der Waals surface area contributed by atoms with Crippen molar-refractivity contribution in [2.75, 3.05) is 6.61 Å². The van der Waals surface area contributed by atoms with Crippen LogP contribution in [0, 0.1) is 5.92 Å². The topological polar surface area (TPSA) is 42.4 Å². The molecule has 0 amide bonds. The van der Waals surface area contributed by atoms with Crippen LogP contribution >= 0.6 is 0 Å². The van der Waals surface area contributed by atoms with Crippen LogP contribution in [0.3, 0.4) is 0 Å². The van der Waals surface area contributed by atoms with Crippen LogP contribution in [-0.2, 0) is 6.61 Å². The van der Waals surface area contributed by atoms with Crippen molar-refractivity contribution >= 4 is 10.9 Å². The molecule has 0 bridgehead atoms. The highest BCUT2D eigenvalue weighted by molar-refractivity contribution is 5.82. The fourth-order valence-corrected chi connectivity index (χ4v) is 2.81. The smallest absolute Gasteiger partial charge is 0.214 e. The lowest BCUT2D eigenvalue weighted by molar-refractivity contribution is 0.242. The minimum atomic E-state index is 0.0167. The average Bonchev–Trinajstić information content (AvgIpc) is 2.97. The Balaban J connectivity index is 1.82. The summed E-state index contributed by atoms with van der Waals surface area (Å²) in [5.41, 5.74) is 1.77. The molecule has 0 atom stereocenters. The van der Waals surface area contributed by atoms with Crippen LogP contribution in [0.15, 0.2) is 30.3 Å². The SMILES string of the molecule is OCc1cc(OCC2CCCC2)nc2ccccc12. The van der Waals surface area contributed by atoms with Gasteiger partial charge in [-0.1, -0.05) is 31.0 Å². The van der Waals surface area contributed by atoms with Gasteiger partial charge >= 0.3 is 0 Å². The Bertz CT molecular complexity index is 562. The number of pyridine rings is 1. The van der Waals surface area contributed by atoms with E-state index in [0.29, 0.717) is 11.8 Å². The molecule has 1 fully saturated rings. The summed E-state index contributed by atoms with van der Waals surface area (Å²) in [5.74, 6) is 1.31. The number of hydrogen-bond donors (Lipinski definition) is 1. The van der Waals surface area contributed by atoms with E-state index in [1.54, 1.807) is 0 Å². The minimum Gasteiger partial charge on any atom is -0.477 e. The van der Waals surface area contributed by atoms with Crippen molar-refractivity contribution in [3.05, 3.63) is 35.9 Å². The van der Waals surface area contributed by atoms with Gasteiger partial charge in [-0.25, -0.2) is 4.98 Å². The highest BCUT2D eigenvalue weighted by Gasteiger charge is 2.16. The zero-order valence-electron chi connectivity index (χ0n) is 11.0. The van der Waals surface area contributed by atoms with E-state index in [4.69, 9.17) is 4.74 Å². The Morgan fingerprint density at radius 3 is 2.79 bits per heavy atom. The maximum atomic E-state index is 9.46. The van der Waals surface area contributed by atoms with Crippen LogP contribution in [0.4, 0.5) is 0 Å². The van der Waals surface area contributed by atoms with Gasteiger partial charge < -0.3 is 9.84 Å². The van der Waals surface area contributed by atoms with Crippen molar-refractivity contribution in [1.82, 2.24) is 4.98 Å². The molecule has 0 unspecified atom stereocenters. The summed E-state index contributed by atoms with van der Waals surface area (Å²) in [6.07, 6.45) is 5.17. The Morgan fingerprint density at radius 2 is 2.00 bits per heavy atom. The molecule has 3 rings (SSSR count). The highest BCUT2D eigenvalue weighted by Crippen LogP contribution is 2.26. The Hall–Kier alpha value is -1.61. The van der Waals surface area contributed by atoms with Crippen LogP contribution in [-0.4, -0.2) is 16.7 Å². The maximum Gasteiger partial charge on any atom is 0.214 e. The summed E-state index contributed by atoms with van der Waals surface area (Å²) < 4.78 is 5.82. The van der Waals surface area contributed by atoms with Crippen molar-refractivity contribution in [3.8, 4) is 5.88 Å². The molecule has 3 nitrogen and oxygen atoms in total. The summed E-state index contributed by atoms with van der Waals surface area (Å²) in [7, 11) is 0. The van der Waals surface area contributed by atoms with E-state index in [1.165, 1.54) is 25.7 Å². The van der Waals surface area contributed by atoms with Crippen molar-refractivity contribution in [2.45, 2.75) is 32.3 Å². The fraction of sp³-hybridized carbons (Fsp3) is 0.438.